The third-order valence-electron chi connectivity index (χ3n) is 4.62. The Hall–Kier alpha value is -3.23. The molecule has 1 N–H and O–H groups in total. The first-order chi connectivity index (χ1) is 14.4. The number of hydrogen-bond donors (Lipinski definition) is 1. The van der Waals surface area contributed by atoms with Gasteiger partial charge >= 0.3 is 5.69 Å². The maximum absolute atomic E-state index is 14.3. The summed E-state index contributed by atoms with van der Waals surface area (Å²) in [6.07, 6.45) is 0. The number of carbonyl (C=O) groups excluding carboxylic acids is 1. The van der Waals surface area contributed by atoms with Crippen molar-refractivity contribution in [2.24, 2.45) is 0 Å². The lowest BCUT2D eigenvalue weighted by Crippen LogP contribution is -2.40. The van der Waals surface area contributed by atoms with Crippen LogP contribution in [-0.2, 0) is 11.3 Å². The van der Waals surface area contributed by atoms with Crippen molar-refractivity contribution >= 4 is 44.7 Å². The zero-order valence-electron chi connectivity index (χ0n) is 15.7. The molecule has 0 aliphatic heterocycles. The highest BCUT2D eigenvalue weighted by atomic mass is 35.5. The molecule has 152 valence electrons. The standard InChI is InChI=1S/C21H15ClFN3O3S/c1-12-6-7-13(22)10-15(12)24-18(27)11-25-17-8-9-30-19(17)20(28)26(21(25)29)16-5-3-2-4-14(16)23/h2-10H,11H2,1H3,(H,24,27). The summed E-state index contributed by atoms with van der Waals surface area (Å²) in [5.74, 6) is -1.19. The number of nitrogens with zero attached hydrogens (tertiary/aromatic N) is 2. The SMILES string of the molecule is Cc1ccc(Cl)cc1NC(=O)Cn1c(=O)n(-c2ccccc2F)c(=O)c2sccc21. The molecule has 0 radical (unpaired) electrons. The minimum atomic E-state index is -0.797. The third-order valence-corrected chi connectivity index (χ3v) is 5.75. The van der Waals surface area contributed by atoms with Gasteiger partial charge in [0.25, 0.3) is 5.56 Å². The molecule has 4 aromatic rings. The van der Waals surface area contributed by atoms with E-state index in [0.29, 0.717) is 16.2 Å². The Morgan fingerprint density at radius 3 is 2.70 bits per heavy atom. The van der Waals surface area contributed by atoms with Gasteiger partial charge in [-0.15, -0.1) is 11.3 Å². The van der Waals surface area contributed by atoms with Gasteiger partial charge in [-0.1, -0.05) is 29.8 Å². The summed E-state index contributed by atoms with van der Waals surface area (Å²) in [5.41, 5.74) is 0.0521. The lowest BCUT2D eigenvalue weighted by atomic mass is 10.2. The van der Waals surface area contributed by atoms with Gasteiger partial charge in [0.1, 0.15) is 17.1 Å². The Morgan fingerprint density at radius 2 is 1.93 bits per heavy atom. The molecule has 0 atom stereocenters. The Labute approximate surface area is 178 Å². The van der Waals surface area contributed by atoms with Gasteiger partial charge in [0.05, 0.1) is 11.2 Å². The highest BCUT2D eigenvalue weighted by Gasteiger charge is 2.19. The number of carbonyl (C=O) groups is 1. The van der Waals surface area contributed by atoms with Crippen molar-refractivity contribution < 1.29 is 9.18 Å². The number of benzene rings is 2. The van der Waals surface area contributed by atoms with Crippen LogP contribution in [0.1, 0.15) is 5.56 Å². The fraction of sp³-hybridized carbons (Fsp3) is 0.0952. The summed E-state index contributed by atoms with van der Waals surface area (Å²) in [6, 6.07) is 12.2. The topological polar surface area (TPSA) is 73.1 Å². The second-order valence-electron chi connectivity index (χ2n) is 6.60. The Balaban J connectivity index is 1.81. The molecule has 0 spiro atoms. The monoisotopic (exact) mass is 443 g/mol. The van der Waals surface area contributed by atoms with Gasteiger partial charge in [0.2, 0.25) is 5.91 Å². The van der Waals surface area contributed by atoms with Crippen LogP contribution < -0.4 is 16.6 Å². The average Bonchev–Trinajstić information content (AvgIpc) is 3.20. The average molecular weight is 444 g/mol. The number of fused-ring (bicyclic) bond motifs is 1. The van der Waals surface area contributed by atoms with Crippen molar-refractivity contribution in [1.29, 1.82) is 0 Å². The first-order valence-electron chi connectivity index (χ1n) is 8.91. The molecule has 6 nitrogen and oxygen atoms in total. The number of aromatic nitrogens is 2. The molecule has 4 rings (SSSR count). The van der Waals surface area contributed by atoms with Crippen LogP contribution in [0, 0.1) is 12.7 Å². The molecule has 0 aliphatic rings. The second-order valence-corrected chi connectivity index (χ2v) is 7.96. The summed E-state index contributed by atoms with van der Waals surface area (Å²) in [5, 5.41) is 4.83. The molecule has 2 aromatic carbocycles. The maximum atomic E-state index is 14.3. The van der Waals surface area contributed by atoms with E-state index in [4.69, 9.17) is 11.6 Å². The van der Waals surface area contributed by atoms with Crippen molar-refractivity contribution in [2.45, 2.75) is 13.5 Å². The minimum Gasteiger partial charge on any atom is -0.324 e. The zero-order valence-corrected chi connectivity index (χ0v) is 17.3. The molecule has 9 heteroatoms. The molecule has 2 heterocycles. The van der Waals surface area contributed by atoms with E-state index < -0.39 is 23.0 Å². The Morgan fingerprint density at radius 1 is 1.17 bits per heavy atom. The van der Waals surface area contributed by atoms with Crippen molar-refractivity contribution in [3.63, 3.8) is 0 Å². The van der Waals surface area contributed by atoms with Crippen LogP contribution in [0.5, 0.6) is 0 Å². The number of amides is 1. The number of aryl methyl sites for hydroxylation is 1. The number of hydrogen-bond acceptors (Lipinski definition) is 4. The predicted molar refractivity (Wildman–Crippen MR) is 116 cm³/mol. The third kappa shape index (κ3) is 3.55. The Kier molecular flexibility index (Phi) is 5.27. The van der Waals surface area contributed by atoms with E-state index in [1.54, 1.807) is 29.6 Å². The molecular weight excluding hydrogens is 429 g/mol. The summed E-state index contributed by atoms with van der Waals surface area (Å²) in [7, 11) is 0. The van der Waals surface area contributed by atoms with Crippen LogP contribution in [0.4, 0.5) is 10.1 Å². The van der Waals surface area contributed by atoms with Crippen molar-refractivity contribution in [3.05, 3.63) is 91.2 Å². The molecule has 0 saturated heterocycles. The van der Waals surface area contributed by atoms with Gasteiger partial charge in [0, 0.05) is 10.7 Å². The van der Waals surface area contributed by atoms with Crippen LogP contribution >= 0.6 is 22.9 Å². The Bertz CT molecular complexity index is 1410. The van der Waals surface area contributed by atoms with Gasteiger partial charge < -0.3 is 5.32 Å². The minimum absolute atomic E-state index is 0.164. The van der Waals surface area contributed by atoms with Gasteiger partial charge in [-0.3, -0.25) is 14.2 Å². The number of halogens is 2. The van der Waals surface area contributed by atoms with Crippen molar-refractivity contribution in [2.75, 3.05) is 5.32 Å². The van der Waals surface area contributed by atoms with E-state index in [9.17, 15) is 18.8 Å². The summed E-state index contributed by atoms with van der Waals surface area (Å²) in [4.78, 5) is 38.7. The fourth-order valence-corrected chi connectivity index (χ4v) is 4.14. The first kappa shape index (κ1) is 20.1. The molecular formula is C21H15ClFN3O3S. The summed E-state index contributed by atoms with van der Waals surface area (Å²) >= 11 is 7.11. The maximum Gasteiger partial charge on any atom is 0.336 e. The number of rotatable bonds is 4. The summed E-state index contributed by atoms with van der Waals surface area (Å²) < 4.78 is 16.5. The van der Waals surface area contributed by atoms with Crippen LogP contribution in [0.25, 0.3) is 15.9 Å². The van der Waals surface area contributed by atoms with Gasteiger partial charge in [0.15, 0.2) is 0 Å². The highest BCUT2D eigenvalue weighted by molar-refractivity contribution is 7.17. The molecule has 2 aromatic heterocycles. The van der Waals surface area contributed by atoms with Crippen LogP contribution in [0.15, 0.2) is 63.5 Å². The molecule has 0 unspecified atom stereocenters. The van der Waals surface area contributed by atoms with Crippen LogP contribution in [-0.4, -0.2) is 15.0 Å². The van der Waals surface area contributed by atoms with E-state index in [1.807, 2.05) is 6.92 Å². The molecule has 30 heavy (non-hydrogen) atoms. The van der Waals surface area contributed by atoms with Gasteiger partial charge in [-0.05, 0) is 48.2 Å². The predicted octanol–water partition coefficient (Wildman–Crippen LogP) is 3.95. The van der Waals surface area contributed by atoms with Crippen molar-refractivity contribution in [3.8, 4) is 5.69 Å². The van der Waals surface area contributed by atoms with Crippen LogP contribution in [0.2, 0.25) is 5.02 Å². The van der Waals surface area contributed by atoms with E-state index >= 15 is 0 Å². The second kappa shape index (κ2) is 7.89. The van der Waals surface area contributed by atoms with Crippen molar-refractivity contribution in [1.82, 2.24) is 9.13 Å². The highest BCUT2D eigenvalue weighted by Crippen LogP contribution is 2.21. The van der Waals surface area contributed by atoms with E-state index in [2.05, 4.69) is 5.32 Å². The molecule has 1 amide bonds. The fourth-order valence-electron chi connectivity index (χ4n) is 3.15. The lowest BCUT2D eigenvalue weighted by Gasteiger charge is -2.13. The van der Waals surface area contributed by atoms with Crippen LogP contribution in [0.3, 0.4) is 0 Å². The summed E-state index contributed by atoms with van der Waals surface area (Å²) in [6.45, 7) is 1.46. The van der Waals surface area contributed by atoms with E-state index in [-0.39, 0.29) is 16.9 Å². The van der Waals surface area contributed by atoms with E-state index in [0.717, 1.165) is 26.0 Å². The smallest absolute Gasteiger partial charge is 0.324 e. The lowest BCUT2D eigenvalue weighted by molar-refractivity contribution is -0.116. The van der Waals surface area contributed by atoms with Gasteiger partial charge in [-0.25, -0.2) is 13.8 Å². The number of para-hydroxylation sites is 1. The van der Waals surface area contributed by atoms with E-state index in [1.165, 1.54) is 24.3 Å². The normalized spacial score (nSPS) is 11.0. The largest absolute Gasteiger partial charge is 0.336 e. The first-order valence-corrected chi connectivity index (χ1v) is 10.2. The number of anilines is 1. The molecule has 0 fully saturated rings. The molecule has 0 aliphatic carbocycles. The molecule has 0 saturated carbocycles. The number of thiophene rings is 1. The number of nitrogens with one attached hydrogen (secondary N) is 1. The van der Waals surface area contributed by atoms with Gasteiger partial charge in [-0.2, -0.15) is 0 Å². The molecule has 0 bridgehead atoms. The zero-order chi connectivity index (χ0) is 21.4. The quantitative estimate of drug-likeness (QED) is 0.519.